The summed E-state index contributed by atoms with van der Waals surface area (Å²) in [4.78, 5) is 7.36. The van der Waals surface area contributed by atoms with Crippen molar-refractivity contribution in [3.05, 3.63) is 72.9 Å². The van der Waals surface area contributed by atoms with Crippen LogP contribution in [0.3, 0.4) is 0 Å². The fourth-order valence-corrected chi connectivity index (χ4v) is 5.59. The fourth-order valence-electron chi connectivity index (χ4n) is 4.47. The number of rotatable bonds is 2. The van der Waals surface area contributed by atoms with Crippen LogP contribution < -0.4 is 5.46 Å². The number of nitrogens with zero attached hydrogens (tertiary/aromatic N) is 1. The highest BCUT2D eigenvalue weighted by atomic mass is 32.2. The summed E-state index contributed by atoms with van der Waals surface area (Å²) in [5, 5.41) is 1.24. The van der Waals surface area contributed by atoms with Gasteiger partial charge in [0.05, 0.1) is 16.7 Å². The maximum atomic E-state index is 6.23. The van der Waals surface area contributed by atoms with Crippen molar-refractivity contribution in [2.45, 2.75) is 48.7 Å². The van der Waals surface area contributed by atoms with E-state index in [-0.39, 0.29) is 18.3 Å². The third kappa shape index (κ3) is 2.96. The number of benzene rings is 3. The third-order valence-electron chi connectivity index (χ3n) is 6.98. The topological polar surface area (TPSA) is 31.4 Å². The zero-order valence-electron chi connectivity index (χ0n) is 18.7. The third-order valence-corrected chi connectivity index (χ3v) is 8.12. The fraction of sp³-hybridized carbons (Fsp3) is 0.222. The lowest BCUT2D eigenvalue weighted by Crippen LogP contribution is -2.41. The molecule has 0 atom stereocenters. The van der Waals surface area contributed by atoms with Crippen molar-refractivity contribution >= 4 is 35.2 Å². The van der Waals surface area contributed by atoms with E-state index in [1.54, 1.807) is 0 Å². The highest BCUT2D eigenvalue weighted by Gasteiger charge is 2.51. The summed E-state index contributed by atoms with van der Waals surface area (Å²) < 4.78 is 12.5. The Kier molecular flexibility index (Phi) is 4.35. The monoisotopic (exact) mass is 437 g/mol. The average Bonchev–Trinajstić information content (AvgIpc) is 3.01. The van der Waals surface area contributed by atoms with Crippen LogP contribution in [0.25, 0.3) is 33.2 Å². The SMILES string of the molecule is CC1(C)OB(c2ccc(-c3cnc4cccc5c4c3-c3ccccc3S5)cc2)OC1(C)C. The molecule has 3 heterocycles. The summed E-state index contributed by atoms with van der Waals surface area (Å²) in [6.07, 6.45) is 2.01. The van der Waals surface area contributed by atoms with E-state index in [0.717, 1.165) is 22.1 Å². The molecule has 0 unspecified atom stereocenters. The first-order valence-corrected chi connectivity index (χ1v) is 11.8. The lowest BCUT2D eigenvalue weighted by Gasteiger charge is -2.32. The second-order valence-corrected chi connectivity index (χ2v) is 10.6. The van der Waals surface area contributed by atoms with Gasteiger partial charge in [-0.05, 0) is 62.5 Å². The zero-order valence-corrected chi connectivity index (χ0v) is 19.5. The van der Waals surface area contributed by atoms with Crippen LogP contribution in [0.4, 0.5) is 0 Å². The van der Waals surface area contributed by atoms with E-state index < -0.39 is 0 Å². The molecule has 1 saturated heterocycles. The molecular formula is C27H24BNO2S. The summed E-state index contributed by atoms with van der Waals surface area (Å²) in [5.41, 5.74) is 6.21. The number of fused-ring (bicyclic) bond motifs is 2. The van der Waals surface area contributed by atoms with Gasteiger partial charge in [0.25, 0.3) is 0 Å². The normalized spacial score (nSPS) is 18.1. The number of aromatic nitrogens is 1. The van der Waals surface area contributed by atoms with Gasteiger partial charge in [-0.1, -0.05) is 60.3 Å². The molecule has 0 amide bonds. The van der Waals surface area contributed by atoms with Crippen molar-refractivity contribution in [1.82, 2.24) is 4.98 Å². The Hall–Kier alpha value is -2.60. The molecule has 2 aliphatic heterocycles. The molecule has 4 aromatic rings. The Labute approximate surface area is 193 Å². The lowest BCUT2D eigenvalue weighted by molar-refractivity contribution is 0.00578. The molecular weight excluding hydrogens is 413 g/mol. The van der Waals surface area contributed by atoms with Crippen LogP contribution in [0.5, 0.6) is 0 Å². The molecule has 32 heavy (non-hydrogen) atoms. The van der Waals surface area contributed by atoms with Crippen LogP contribution in [0, 0.1) is 0 Å². The molecule has 0 radical (unpaired) electrons. The first kappa shape index (κ1) is 20.0. The molecule has 0 bridgehead atoms. The van der Waals surface area contributed by atoms with E-state index in [1.165, 1.54) is 26.3 Å². The summed E-state index contributed by atoms with van der Waals surface area (Å²) in [6.45, 7) is 8.33. The molecule has 3 nitrogen and oxygen atoms in total. The molecule has 0 spiro atoms. The van der Waals surface area contributed by atoms with Crippen molar-refractivity contribution in [3.8, 4) is 22.3 Å². The Morgan fingerprint density at radius 2 is 1.44 bits per heavy atom. The van der Waals surface area contributed by atoms with Gasteiger partial charge >= 0.3 is 7.12 Å². The second-order valence-electron chi connectivity index (χ2n) is 9.51. The van der Waals surface area contributed by atoms with Gasteiger partial charge in [0.15, 0.2) is 0 Å². The Morgan fingerprint density at radius 3 is 2.19 bits per heavy atom. The average molecular weight is 437 g/mol. The number of hydrogen-bond donors (Lipinski definition) is 0. The van der Waals surface area contributed by atoms with Crippen molar-refractivity contribution in [3.63, 3.8) is 0 Å². The highest BCUT2D eigenvalue weighted by Crippen LogP contribution is 2.50. The molecule has 0 saturated carbocycles. The highest BCUT2D eigenvalue weighted by molar-refractivity contribution is 7.99. The van der Waals surface area contributed by atoms with Gasteiger partial charge in [-0.25, -0.2) is 0 Å². The first-order chi connectivity index (χ1) is 15.3. The minimum Gasteiger partial charge on any atom is -0.399 e. The Bertz CT molecular complexity index is 1350. The Morgan fingerprint density at radius 1 is 0.750 bits per heavy atom. The molecule has 0 aliphatic carbocycles. The molecule has 1 fully saturated rings. The van der Waals surface area contributed by atoms with Crippen LogP contribution in [0.1, 0.15) is 27.7 Å². The summed E-state index contributed by atoms with van der Waals surface area (Å²) in [6, 6.07) is 23.6. The molecule has 0 N–H and O–H groups in total. The summed E-state index contributed by atoms with van der Waals surface area (Å²) in [7, 11) is -0.356. The van der Waals surface area contributed by atoms with Gasteiger partial charge in [0.1, 0.15) is 0 Å². The van der Waals surface area contributed by atoms with Crippen molar-refractivity contribution in [2.24, 2.45) is 0 Å². The van der Waals surface area contributed by atoms with Crippen molar-refractivity contribution in [1.29, 1.82) is 0 Å². The van der Waals surface area contributed by atoms with Gasteiger partial charge in [-0.15, -0.1) is 0 Å². The molecule has 6 rings (SSSR count). The minimum atomic E-state index is -0.356. The van der Waals surface area contributed by atoms with Crippen LogP contribution in [0.2, 0.25) is 0 Å². The Balaban J connectivity index is 1.47. The number of pyridine rings is 1. The zero-order chi connectivity index (χ0) is 22.1. The van der Waals surface area contributed by atoms with Crippen LogP contribution in [-0.2, 0) is 9.31 Å². The predicted molar refractivity (Wildman–Crippen MR) is 132 cm³/mol. The molecule has 5 heteroatoms. The van der Waals surface area contributed by atoms with E-state index in [9.17, 15) is 0 Å². The molecule has 158 valence electrons. The van der Waals surface area contributed by atoms with E-state index in [2.05, 4.69) is 94.4 Å². The summed E-state index contributed by atoms with van der Waals surface area (Å²) in [5.74, 6) is 0. The van der Waals surface area contributed by atoms with E-state index in [0.29, 0.717) is 0 Å². The number of hydrogen-bond acceptors (Lipinski definition) is 4. The minimum absolute atomic E-state index is 0.347. The van der Waals surface area contributed by atoms with Crippen molar-refractivity contribution < 1.29 is 9.31 Å². The van der Waals surface area contributed by atoms with E-state index >= 15 is 0 Å². The van der Waals surface area contributed by atoms with Gasteiger partial charge in [-0.2, -0.15) is 0 Å². The van der Waals surface area contributed by atoms with Crippen LogP contribution >= 0.6 is 11.8 Å². The van der Waals surface area contributed by atoms with Gasteiger partial charge in [0.2, 0.25) is 0 Å². The van der Waals surface area contributed by atoms with Gasteiger partial charge < -0.3 is 9.31 Å². The van der Waals surface area contributed by atoms with Crippen molar-refractivity contribution in [2.75, 3.05) is 0 Å². The largest absolute Gasteiger partial charge is 0.494 e. The smallest absolute Gasteiger partial charge is 0.399 e. The van der Waals surface area contributed by atoms with E-state index in [1.807, 2.05) is 18.0 Å². The van der Waals surface area contributed by atoms with Gasteiger partial charge in [0, 0.05) is 32.5 Å². The summed E-state index contributed by atoms with van der Waals surface area (Å²) >= 11 is 1.82. The standard InChI is InChI=1S/C27H24BNO2S/c1-26(2)27(3,4)31-28(30-26)18-14-12-17(13-15-18)20-16-29-21-9-7-11-23-25(21)24(20)19-8-5-6-10-22(19)32-23/h5-16H,1-4H3. The second kappa shape index (κ2) is 6.95. The van der Waals surface area contributed by atoms with Gasteiger partial charge in [-0.3, -0.25) is 4.98 Å². The molecule has 2 aliphatic rings. The maximum absolute atomic E-state index is 6.23. The first-order valence-electron chi connectivity index (χ1n) is 11.0. The predicted octanol–water partition coefficient (Wildman–Crippen LogP) is 6.33. The van der Waals surface area contributed by atoms with E-state index in [4.69, 9.17) is 14.3 Å². The maximum Gasteiger partial charge on any atom is 0.494 e. The quantitative estimate of drug-likeness (QED) is 0.302. The molecule has 3 aromatic carbocycles. The van der Waals surface area contributed by atoms with Crippen LogP contribution in [-0.4, -0.2) is 23.3 Å². The lowest BCUT2D eigenvalue weighted by atomic mass is 9.78. The molecule has 1 aromatic heterocycles. The van der Waals surface area contributed by atoms with Crippen LogP contribution in [0.15, 0.2) is 82.7 Å².